The molecule has 6 N–H and O–H groups in total. The number of carbonyl (C=O) groups excluding carboxylic acids is 4. The maximum Gasteiger partial charge on any atom is 1.00 e. The molecular formula is C10H16Li2N2O8. The van der Waals surface area contributed by atoms with Gasteiger partial charge in [0, 0.05) is 24.8 Å². The Hall–Kier alpha value is -1.01. The Bertz CT molecular complexity index is 333. The molecule has 0 heterocycles. The van der Waals surface area contributed by atoms with Crippen molar-refractivity contribution in [1.82, 2.24) is 0 Å². The summed E-state index contributed by atoms with van der Waals surface area (Å²) in [5.74, 6) is -5.20. The summed E-state index contributed by atoms with van der Waals surface area (Å²) < 4.78 is 0. The van der Waals surface area contributed by atoms with Gasteiger partial charge in [-0.25, -0.2) is 0 Å². The van der Waals surface area contributed by atoms with Gasteiger partial charge >= 0.3 is 37.7 Å². The molecule has 0 saturated carbocycles. The van der Waals surface area contributed by atoms with E-state index >= 15 is 0 Å². The molecule has 0 aliphatic rings. The van der Waals surface area contributed by atoms with E-state index in [-0.39, 0.29) is 63.4 Å². The van der Waals surface area contributed by atoms with Crippen LogP contribution < -0.4 is 69.6 Å². The number of quaternary nitrogens is 2. The Morgan fingerprint density at radius 1 is 0.682 bits per heavy atom. The molecule has 0 amide bonds. The molecule has 12 heteroatoms. The molecule has 116 valence electrons. The number of carboxylic acid groups (broad SMARTS) is 4. The van der Waals surface area contributed by atoms with Crippen molar-refractivity contribution in [3.05, 3.63) is 0 Å². The number of hydrogen-bond acceptors (Lipinski definition) is 8. The van der Waals surface area contributed by atoms with Gasteiger partial charge in [-0.05, 0) is 12.8 Å². The van der Waals surface area contributed by atoms with Crippen molar-refractivity contribution in [2.45, 2.75) is 37.8 Å². The van der Waals surface area contributed by atoms with Gasteiger partial charge in [0.05, 0.1) is 11.9 Å². The van der Waals surface area contributed by atoms with E-state index in [9.17, 15) is 39.6 Å². The third-order valence-corrected chi connectivity index (χ3v) is 2.06. The fourth-order valence-electron chi connectivity index (χ4n) is 0.820. The SMILES string of the molecule is [Li+].[Li+].[NH3+][C@@H](CCC(=O)[O-])C(=O)[O-].[NH3+][C@@H](CCC(=O)[O-])C(=O)[O-]. The van der Waals surface area contributed by atoms with Gasteiger partial charge in [-0.1, -0.05) is 0 Å². The second-order valence-electron chi connectivity index (χ2n) is 3.85. The summed E-state index contributed by atoms with van der Waals surface area (Å²) in [7, 11) is 0. The van der Waals surface area contributed by atoms with Gasteiger partial charge in [-0.3, -0.25) is 0 Å². The van der Waals surface area contributed by atoms with Crippen molar-refractivity contribution in [3.63, 3.8) is 0 Å². The van der Waals surface area contributed by atoms with Crippen LogP contribution in [0.4, 0.5) is 0 Å². The molecule has 0 bridgehead atoms. The molecule has 0 aromatic carbocycles. The predicted molar refractivity (Wildman–Crippen MR) is 51.8 cm³/mol. The van der Waals surface area contributed by atoms with E-state index in [4.69, 9.17) is 0 Å². The minimum atomic E-state index is -1.33. The number of carbonyl (C=O) groups is 4. The standard InChI is InChI=1S/2C5H9NO4.2Li/c2*6-3(5(9)10)1-2-4(7)8;;/h2*3H,1-2,6H2,(H,7,8)(H,9,10);;/q;;2*+1/p-2/t2*3-;;/m00../s1. The summed E-state index contributed by atoms with van der Waals surface area (Å²) in [5, 5.41) is 39.4. The smallest absolute Gasteiger partial charge is 0.550 e. The normalized spacial score (nSPS) is 11.4. The zero-order valence-corrected chi connectivity index (χ0v) is 12.7. The molecule has 0 radical (unpaired) electrons. The largest absolute Gasteiger partial charge is 1.00 e. The van der Waals surface area contributed by atoms with E-state index in [1.54, 1.807) is 0 Å². The molecule has 0 unspecified atom stereocenters. The van der Waals surface area contributed by atoms with Gasteiger partial charge in [-0.15, -0.1) is 0 Å². The second kappa shape index (κ2) is 16.4. The Morgan fingerprint density at radius 3 is 1.05 bits per heavy atom. The minimum absolute atomic E-state index is 0. The average Bonchev–Trinajstić information content (AvgIpc) is 2.33. The summed E-state index contributed by atoms with van der Waals surface area (Å²) >= 11 is 0. The van der Waals surface area contributed by atoms with Crippen molar-refractivity contribution in [3.8, 4) is 0 Å². The Labute approximate surface area is 150 Å². The van der Waals surface area contributed by atoms with Gasteiger partial charge in [-0.2, -0.15) is 0 Å². The van der Waals surface area contributed by atoms with Crippen molar-refractivity contribution in [2.24, 2.45) is 0 Å². The fourth-order valence-corrected chi connectivity index (χ4v) is 0.820. The van der Waals surface area contributed by atoms with Crippen LogP contribution in [-0.2, 0) is 19.2 Å². The zero-order valence-electron chi connectivity index (χ0n) is 12.7. The molecule has 0 spiro atoms. The van der Waals surface area contributed by atoms with Crippen LogP contribution in [0.15, 0.2) is 0 Å². The number of rotatable bonds is 8. The Morgan fingerprint density at radius 2 is 0.909 bits per heavy atom. The maximum absolute atomic E-state index is 9.92. The zero-order chi connectivity index (χ0) is 16.3. The Balaban J connectivity index is -0.000000135. The molecule has 0 aliphatic heterocycles. The molecule has 0 rings (SSSR count). The summed E-state index contributed by atoms with van der Waals surface area (Å²) in [6, 6.07) is -1.92. The first kappa shape index (κ1) is 29.1. The molecule has 10 nitrogen and oxygen atoms in total. The van der Waals surface area contributed by atoms with E-state index < -0.39 is 36.0 Å². The summed E-state index contributed by atoms with van der Waals surface area (Å²) in [4.78, 5) is 39.4. The molecule has 0 aliphatic carbocycles. The van der Waals surface area contributed by atoms with Crippen LogP contribution in [0, 0.1) is 0 Å². The van der Waals surface area contributed by atoms with Crippen LogP contribution in [-0.4, -0.2) is 36.0 Å². The quantitative estimate of drug-likeness (QED) is 0.409. The van der Waals surface area contributed by atoms with Gasteiger partial charge in [0.25, 0.3) is 0 Å². The predicted octanol–water partition coefficient (Wildman–Crippen LogP) is -14.2. The van der Waals surface area contributed by atoms with Crippen molar-refractivity contribution < 1.29 is 88.8 Å². The fraction of sp³-hybridized carbons (Fsp3) is 0.600. The summed E-state index contributed by atoms with van der Waals surface area (Å²) in [6.07, 6.45) is -0.653. The molecule has 0 fully saturated rings. The van der Waals surface area contributed by atoms with E-state index in [2.05, 4.69) is 11.5 Å². The first-order chi connectivity index (χ1) is 9.07. The van der Waals surface area contributed by atoms with Gasteiger partial charge < -0.3 is 51.1 Å². The first-order valence-corrected chi connectivity index (χ1v) is 5.55. The molecule has 0 aromatic rings. The van der Waals surface area contributed by atoms with Crippen molar-refractivity contribution in [2.75, 3.05) is 0 Å². The summed E-state index contributed by atoms with van der Waals surface area (Å²) in [6.45, 7) is 0. The topological polar surface area (TPSA) is 216 Å². The van der Waals surface area contributed by atoms with Crippen LogP contribution in [0.2, 0.25) is 0 Å². The van der Waals surface area contributed by atoms with Gasteiger partial charge in [0.2, 0.25) is 0 Å². The molecule has 22 heavy (non-hydrogen) atoms. The summed E-state index contributed by atoms with van der Waals surface area (Å²) in [5.41, 5.74) is 6.31. The van der Waals surface area contributed by atoms with Crippen molar-refractivity contribution in [1.29, 1.82) is 0 Å². The number of hydrogen-bond donors (Lipinski definition) is 2. The molecule has 0 saturated heterocycles. The van der Waals surface area contributed by atoms with E-state index in [0.29, 0.717) is 0 Å². The number of carboxylic acids is 4. The monoisotopic (exact) mass is 306 g/mol. The molecular weight excluding hydrogens is 290 g/mol. The third-order valence-electron chi connectivity index (χ3n) is 2.06. The Kier molecular flexibility index (Phi) is 21.6. The van der Waals surface area contributed by atoms with Crippen LogP contribution in [0.3, 0.4) is 0 Å². The van der Waals surface area contributed by atoms with E-state index in [1.165, 1.54) is 0 Å². The van der Waals surface area contributed by atoms with Crippen LogP contribution in [0.1, 0.15) is 25.7 Å². The van der Waals surface area contributed by atoms with E-state index in [1.807, 2.05) is 0 Å². The minimum Gasteiger partial charge on any atom is -0.550 e. The average molecular weight is 306 g/mol. The van der Waals surface area contributed by atoms with Crippen LogP contribution in [0.25, 0.3) is 0 Å². The second-order valence-corrected chi connectivity index (χ2v) is 3.85. The van der Waals surface area contributed by atoms with Gasteiger partial charge in [0.15, 0.2) is 0 Å². The van der Waals surface area contributed by atoms with Gasteiger partial charge in [0.1, 0.15) is 12.1 Å². The first-order valence-electron chi connectivity index (χ1n) is 5.55. The van der Waals surface area contributed by atoms with Crippen LogP contribution in [0.5, 0.6) is 0 Å². The van der Waals surface area contributed by atoms with Crippen molar-refractivity contribution >= 4 is 23.9 Å². The number of aliphatic carboxylic acids is 4. The molecule has 0 aromatic heterocycles. The maximum atomic E-state index is 9.92. The molecule has 2 atom stereocenters. The van der Waals surface area contributed by atoms with E-state index in [0.717, 1.165) is 0 Å². The van der Waals surface area contributed by atoms with Crippen LogP contribution >= 0.6 is 0 Å². The third kappa shape index (κ3) is 21.3.